The number of rotatable bonds is 2. The Bertz CT molecular complexity index is 424. The minimum Gasteiger partial charge on any atom is -0.393 e. The van der Waals surface area contributed by atoms with Crippen molar-refractivity contribution in [3.05, 3.63) is 28.6 Å². The van der Waals surface area contributed by atoms with Crippen LogP contribution in [0.3, 0.4) is 0 Å². The predicted octanol–water partition coefficient (Wildman–Crippen LogP) is 1.20. The van der Waals surface area contributed by atoms with Gasteiger partial charge in [0, 0.05) is 19.3 Å². The summed E-state index contributed by atoms with van der Waals surface area (Å²) in [6.07, 6.45) is 3.15. The average Bonchev–Trinajstić information content (AvgIpc) is 2.32. The molecular formula is C11H15N3O3. The number of pyridine rings is 1. The SMILES string of the molecule is CC1CN(c2ccncc2[N+](=O)[O-])CCC1O. The van der Waals surface area contributed by atoms with Crippen LogP contribution in [-0.4, -0.2) is 34.2 Å². The van der Waals surface area contributed by atoms with Crippen LogP contribution in [0.2, 0.25) is 0 Å². The highest BCUT2D eigenvalue weighted by Gasteiger charge is 2.28. The molecule has 0 spiro atoms. The van der Waals surface area contributed by atoms with Crippen molar-refractivity contribution in [2.45, 2.75) is 19.4 Å². The Morgan fingerprint density at radius 3 is 3.06 bits per heavy atom. The lowest BCUT2D eigenvalue weighted by molar-refractivity contribution is -0.384. The molecule has 1 aliphatic rings. The van der Waals surface area contributed by atoms with E-state index in [0.717, 1.165) is 0 Å². The number of aliphatic hydroxyl groups excluding tert-OH is 1. The number of aromatic nitrogens is 1. The smallest absolute Gasteiger partial charge is 0.310 e. The molecule has 92 valence electrons. The maximum atomic E-state index is 10.9. The van der Waals surface area contributed by atoms with Gasteiger partial charge in [-0.2, -0.15) is 0 Å². The fourth-order valence-electron chi connectivity index (χ4n) is 2.14. The van der Waals surface area contributed by atoms with Crippen molar-refractivity contribution in [2.75, 3.05) is 18.0 Å². The molecule has 1 aliphatic heterocycles. The molecule has 0 aliphatic carbocycles. The fourth-order valence-corrected chi connectivity index (χ4v) is 2.14. The third-order valence-electron chi connectivity index (χ3n) is 3.18. The van der Waals surface area contributed by atoms with Gasteiger partial charge in [0.15, 0.2) is 0 Å². The molecule has 2 rings (SSSR count). The summed E-state index contributed by atoms with van der Waals surface area (Å²) < 4.78 is 0. The maximum Gasteiger partial charge on any atom is 0.310 e. The molecule has 2 unspecified atom stereocenters. The fraction of sp³-hybridized carbons (Fsp3) is 0.545. The molecule has 1 N–H and O–H groups in total. The summed E-state index contributed by atoms with van der Waals surface area (Å²) in [4.78, 5) is 16.2. The zero-order valence-electron chi connectivity index (χ0n) is 9.61. The summed E-state index contributed by atoms with van der Waals surface area (Å²) in [5, 5.41) is 20.5. The van der Waals surface area contributed by atoms with Crippen molar-refractivity contribution < 1.29 is 10.0 Å². The van der Waals surface area contributed by atoms with Crippen molar-refractivity contribution in [2.24, 2.45) is 5.92 Å². The molecule has 0 radical (unpaired) electrons. The number of anilines is 1. The first kappa shape index (κ1) is 11.8. The number of piperidine rings is 1. The topological polar surface area (TPSA) is 79.5 Å². The van der Waals surface area contributed by atoms with E-state index in [0.29, 0.717) is 25.2 Å². The van der Waals surface area contributed by atoms with Crippen LogP contribution >= 0.6 is 0 Å². The normalized spacial score (nSPS) is 24.7. The second-order valence-corrected chi connectivity index (χ2v) is 4.40. The van der Waals surface area contributed by atoms with Crippen LogP contribution in [0, 0.1) is 16.0 Å². The Morgan fingerprint density at radius 1 is 1.65 bits per heavy atom. The van der Waals surface area contributed by atoms with Crippen LogP contribution in [0.25, 0.3) is 0 Å². The van der Waals surface area contributed by atoms with Crippen molar-refractivity contribution >= 4 is 11.4 Å². The molecule has 1 saturated heterocycles. The minimum atomic E-state index is -0.419. The highest BCUT2D eigenvalue weighted by Crippen LogP contribution is 2.30. The van der Waals surface area contributed by atoms with E-state index in [1.165, 1.54) is 6.20 Å². The summed E-state index contributed by atoms with van der Waals surface area (Å²) in [7, 11) is 0. The molecule has 0 aromatic carbocycles. The molecule has 6 heteroatoms. The van der Waals surface area contributed by atoms with E-state index in [4.69, 9.17) is 0 Å². The van der Waals surface area contributed by atoms with Gasteiger partial charge in [0.25, 0.3) is 0 Å². The first-order valence-corrected chi connectivity index (χ1v) is 5.61. The van der Waals surface area contributed by atoms with Crippen molar-refractivity contribution in [1.82, 2.24) is 4.98 Å². The highest BCUT2D eigenvalue weighted by molar-refractivity contribution is 5.61. The van der Waals surface area contributed by atoms with Gasteiger partial charge in [-0.3, -0.25) is 15.1 Å². The number of hydrogen-bond donors (Lipinski definition) is 1. The first-order valence-electron chi connectivity index (χ1n) is 5.61. The van der Waals surface area contributed by atoms with E-state index in [2.05, 4.69) is 4.98 Å². The van der Waals surface area contributed by atoms with Crippen molar-refractivity contribution in [3.63, 3.8) is 0 Å². The lowest BCUT2D eigenvalue weighted by Crippen LogP contribution is -2.42. The standard InChI is InChI=1S/C11H15N3O3/c1-8-7-13(5-3-11(8)15)9-2-4-12-6-10(9)14(16)17/h2,4,6,8,11,15H,3,5,7H2,1H3. The Balaban J connectivity index is 2.25. The van der Waals surface area contributed by atoms with Crippen molar-refractivity contribution in [3.8, 4) is 0 Å². The molecule has 1 aromatic heterocycles. The Kier molecular flexibility index (Phi) is 3.23. The van der Waals surface area contributed by atoms with Gasteiger partial charge < -0.3 is 10.0 Å². The van der Waals surface area contributed by atoms with Gasteiger partial charge in [-0.25, -0.2) is 0 Å². The van der Waals surface area contributed by atoms with Gasteiger partial charge in [-0.15, -0.1) is 0 Å². The molecule has 6 nitrogen and oxygen atoms in total. The first-order chi connectivity index (χ1) is 8.09. The van der Waals surface area contributed by atoms with E-state index in [9.17, 15) is 15.2 Å². The van der Waals surface area contributed by atoms with Gasteiger partial charge >= 0.3 is 5.69 Å². The van der Waals surface area contributed by atoms with Gasteiger partial charge in [0.05, 0.1) is 11.0 Å². The Hall–Kier alpha value is -1.69. The molecule has 2 atom stereocenters. The molecule has 1 fully saturated rings. The monoisotopic (exact) mass is 237 g/mol. The molecule has 17 heavy (non-hydrogen) atoms. The van der Waals surface area contributed by atoms with Gasteiger partial charge in [-0.05, 0) is 18.4 Å². The predicted molar refractivity (Wildman–Crippen MR) is 62.9 cm³/mol. The molecule has 1 aromatic rings. The van der Waals surface area contributed by atoms with E-state index in [-0.39, 0.29) is 17.7 Å². The second kappa shape index (κ2) is 4.67. The van der Waals surface area contributed by atoms with Crippen LogP contribution in [0.15, 0.2) is 18.5 Å². The number of nitrogens with zero attached hydrogens (tertiary/aromatic N) is 3. The Morgan fingerprint density at radius 2 is 2.41 bits per heavy atom. The largest absolute Gasteiger partial charge is 0.393 e. The lowest BCUT2D eigenvalue weighted by atomic mass is 9.96. The van der Waals surface area contributed by atoms with Crippen LogP contribution < -0.4 is 4.90 Å². The molecular weight excluding hydrogens is 222 g/mol. The van der Waals surface area contributed by atoms with E-state index in [1.807, 2.05) is 11.8 Å². The zero-order valence-corrected chi connectivity index (χ0v) is 9.61. The molecule has 0 saturated carbocycles. The summed E-state index contributed by atoms with van der Waals surface area (Å²) in [5.41, 5.74) is 0.611. The van der Waals surface area contributed by atoms with Gasteiger partial charge in [0.2, 0.25) is 0 Å². The molecule has 0 amide bonds. The molecule has 0 bridgehead atoms. The number of nitro groups is 1. The third-order valence-corrected chi connectivity index (χ3v) is 3.18. The van der Waals surface area contributed by atoms with Crippen LogP contribution in [0.5, 0.6) is 0 Å². The highest BCUT2D eigenvalue weighted by atomic mass is 16.6. The van der Waals surface area contributed by atoms with Gasteiger partial charge in [0.1, 0.15) is 11.9 Å². The van der Waals surface area contributed by atoms with Crippen LogP contribution in [-0.2, 0) is 0 Å². The number of aliphatic hydroxyl groups is 1. The van der Waals surface area contributed by atoms with Crippen LogP contribution in [0.4, 0.5) is 11.4 Å². The summed E-state index contributed by atoms with van der Waals surface area (Å²) >= 11 is 0. The van der Waals surface area contributed by atoms with E-state index in [1.54, 1.807) is 12.3 Å². The van der Waals surface area contributed by atoms with Crippen LogP contribution in [0.1, 0.15) is 13.3 Å². The van der Waals surface area contributed by atoms with E-state index >= 15 is 0 Å². The quantitative estimate of drug-likeness (QED) is 0.617. The minimum absolute atomic E-state index is 0.0242. The molecule has 2 heterocycles. The summed E-state index contributed by atoms with van der Waals surface area (Å²) in [6.45, 7) is 3.21. The summed E-state index contributed by atoms with van der Waals surface area (Å²) in [5.74, 6) is 0.122. The van der Waals surface area contributed by atoms with Gasteiger partial charge in [-0.1, -0.05) is 6.92 Å². The van der Waals surface area contributed by atoms with E-state index < -0.39 is 4.92 Å². The average molecular weight is 237 g/mol. The van der Waals surface area contributed by atoms with Crippen molar-refractivity contribution in [1.29, 1.82) is 0 Å². The third kappa shape index (κ3) is 2.36. The number of hydrogen-bond acceptors (Lipinski definition) is 5. The second-order valence-electron chi connectivity index (χ2n) is 4.40. The Labute approximate surface area is 99.0 Å². The lowest BCUT2D eigenvalue weighted by Gasteiger charge is -2.35. The zero-order chi connectivity index (χ0) is 12.4. The summed E-state index contributed by atoms with van der Waals surface area (Å²) in [6, 6.07) is 1.66. The maximum absolute atomic E-state index is 10.9.